The molecule has 7 nitrogen and oxygen atoms in total. The minimum atomic E-state index is -0.702. The average molecular weight is 343 g/mol. The van der Waals surface area contributed by atoms with Crippen molar-refractivity contribution >= 4 is 17.7 Å². The van der Waals surface area contributed by atoms with Gasteiger partial charge in [-0.3, -0.25) is 14.4 Å². The molecule has 1 aromatic heterocycles. The summed E-state index contributed by atoms with van der Waals surface area (Å²) in [5.41, 5.74) is 1.44. The normalized spacial score (nSPS) is 11.5. The van der Waals surface area contributed by atoms with E-state index in [9.17, 15) is 14.4 Å². The average Bonchev–Trinajstić information content (AvgIpc) is 3.14. The van der Waals surface area contributed by atoms with Crippen molar-refractivity contribution in [3.05, 3.63) is 59.5 Å². The minimum absolute atomic E-state index is 0.0788. The van der Waals surface area contributed by atoms with Gasteiger partial charge >= 0.3 is 0 Å². The first-order valence-corrected chi connectivity index (χ1v) is 7.81. The molecule has 1 aromatic carbocycles. The van der Waals surface area contributed by atoms with Crippen LogP contribution in [0.5, 0.6) is 0 Å². The predicted octanol–water partition coefficient (Wildman–Crippen LogP) is 1.42. The van der Waals surface area contributed by atoms with Gasteiger partial charge in [-0.15, -0.1) is 0 Å². The summed E-state index contributed by atoms with van der Waals surface area (Å²) in [6.07, 6.45) is 1.39. The van der Waals surface area contributed by atoms with Crippen LogP contribution in [0.3, 0.4) is 0 Å². The molecule has 3 amide bonds. The Kier molecular flexibility index (Phi) is 5.94. The lowest BCUT2D eigenvalue weighted by Gasteiger charge is -2.14. The molecule has 2 aromatic rings. The molecule has 0 bridgehead atoms. The third-order valence-corrected chi connectivity index (χ3v) is 3.56. The summed E-state index contributed by atoms with van der Waals surface area (Å²) < 4.78 is 4.98. The Morgan fingerprint density at radius 2 is 1.80 bits per heavy atom. The molecule has 0 aliphatic heterocycles. The molecule has 25 heavy (non-hydrogen) atoms. The molecular weight excluding hydrogens is 322 g/mol. The van der Waals surface area contributed by atoms with Crippen molar-refractivity contribution in [2.24, 2.45) is 0 Å². The Balaban J connectivity index is 1.84. The number of benzene rings is 1. The zero-order chi connectivity index (χ0) is 18.4. The van der Waals surface area contributed by atoms with E-state index >= 15 is 0 Å². The summed E-state index contributed by atoms with van der Waals surface area (Å²) in [4.78, 5) is 37.2. The number of carbonyl (C=O) groups is 3. The van der Waals surface area contributed by atoms with Gasteiger partial charge in [-0.05, 0) is 36.8 Å². The Labute approximate surface area is 146 Å². The van der Waals surface area contributed by atoms with E-state index in [1.807, 2.05) is 0 Å². The van der Waals surface area contributed by atoms with Gasteiger partial charge in [0.25, 0.3) is 11.8 Å². The molecule has 0 saturated carbocycles. The number of carbonyl (C=O) groups excluding carboxylic acids is 3. The summed E-state index contributed by atoms with van der Waals surface area (Å²) in [6.45, 7) is 1.89. The lowest BCUT2D eigenvalue weighted by molar-refractivity contribution is -0.122. The Hall–Kier alpha value is -3.09. The molecule has 0 aliphatic carbocycles. The maximum atomic E-state index is 12.1. The SMILES string of the molecule is CC(NC(=O)c1ccco1)C(=O)NCc1ccc(C(=O)N(C)C)cc1. The Morgan fingerprint density at radius 1 is 1.12 bits per heavy atom. The summed E-state index contributed by atoms with van der Waals surface area (Å²) >= 11 is 0. The van der Waals surface area contributed by atoms with Crippen molar-refractivity contribution in [3.63, 3.8) is 0 Å². The fraction of sp³-hybridized carbons (Fsp3) is 0.278. The molecule has 2 rings (SSSR count). The summed E-state index contributed by atoms with van der Waals surface area (Å²) in [5, 5.41) is 5.30. The van der Waals surface area contributed by atoms with E-state index in [2.05, 4.69) is 10.6 Å². The standard InChI is InChI=1S/C18H21N3O4/c1-12(20-17(23)15-5-4-10-25-15)16(22)19-11-13-6-8-14(9-7-13)18(24)21(2)3/h4-10,12H,11H2,1-3H3,(H,19,22)(H,20,23). The van der Waals surface area contributed by atoms with Gasteiger partial charge < -0.3 is 20.0 Å². The van der Waals surface area contributed by atoms with Crippen LogP contribution in [0.25, 0.3) is 0 Å². The van der Waals surface area contributed by atoms with Gasteiger partial charge in [-0.25, -0.2) is 0 Å². The van der Waals surface area contributed by atoms with Crippen molar-refractivity contribution < 1.29 is 18.8 Å². The van der Waals surface area contributed by atoms with Crippen LogP contribution in [-0.2, 0) is 11.3 Å². The number of amides is 3. The third-order valence-electron chi connectivity index (χ3n) is 3.56. The highest BCUT2D eigenvalue weighted by molar-refractivity contribution is 5.95. The highest BCUT2D eigenvalue weighted by Gasteiger charge is 2.17. The first-order chi connectivity index (χ1) is 11.9. The zero-order valence-electron chi connectivity index (χ0n) is 14.4. The fourth-order valence-corrected chi connectivity index (χ4v) is 2.11. The highest BCUT2D eigenvalue weighted by Crippen LogP contribution is 2.06. The number of hydrogen-bond acceptors (Lipinski definition) is 4. The maximum absolute atomic E-state index is 12.1. The predicted molar refractivity (Wildman–Crippen MR) is 91.9 cm³/mol. The second-order valence-corrected chi connectivity index (χ2v) is 5.79. The molecule has 0 saturated heterocycles. The molecule has 132 valence electrons. The van der Waals surface area contributed by atoms with Crippen molar-refractivity contribution in [3.8, 4) is 0 Å². The summed E-state index contributed by atoms with van der Waals surface area (Å²) in [7, 11) is 3.38. The van der Waals surface area contributed by atoms with E-state index in [1.165, 1.54) is 17.2 Å². The second kappa shape index (κ2) is 8.14. The van der Waals surface area contributed by atoms with Gasteiger partial charge in [0, 0.05) is 26.2 Å². The van der Waals surface area contributed by atoms with Crippen LogP contribution in [0.15, 0.2) is 47.1 Å². The number of hydrogen-bond donors (Lipinski definition) is 2. The molecule has 0 spiro atoms. The topological polar surface area (TPSA) is 91.6 Å². The van der Waals surface area contributed by atoms with E-state index in [0.29, 0.717) is 12.1 Å². The lowest BCUT2D eigenvalue weighted by Crippen LogP contribution is -2.44. The van der Waals surface area contributed by atoms with Crippen LogP contribution < -0.4 is 10.6 Å². The van der Waals surface area contributed by atoms with Crippen LogP contribution in [0.2, 0.25) is 0 Å². The molecule has 0 aliphatic rings. The second-order valence-electron chi connectivity index (χ2n) is 5.79. The van der Waals surface area contributed by atoms with Crippen molar-refractivity contribution in [2.45, 2.75) is 19.5 Å². The zero-order valence-corrected chi connectivity index (χ0v) is 14.4. The molecule has 7 heteroatoms. The largest absolute Gasteiger partial charge is 0.459 e. The number of rotatable bonds is 6. The van der Waals surface area contributed by atoms with Crippen LogP contribution in [0, 0.1) is 0 Å². The molecule has 1 unspecified atom stereocenters. The van der Waals surface area contributed by atoms with E-state index in [0.717, 1.165) is 5.56 Å². The van der Waals surface area contributed by atoms with Crippen LogP contribution in [0.1, 0.15) is 33.4 Å². The molecule has 1 heterocycles. The minimum Gasteiger partial charge on any atom is -0.459 e. The number of furan rings is 1. The quantitative estimate of drug-likeness (QED) is 0.830. The van der Waals surface area contributed by atoms with Crippen LogP contribution >= 0.6 is 0 Å². The first kappa shape index (κ1) is 18.3. The van der Waals surface area contributed by atoms with Crippen molar-refractivity contribution in [1.82, 2.24) is 15.5 Å². The number of nitrogens with one attached hydrogen (secondary N) is 2. The van der Waals surface area contributed by atoms with E-state index in [1.54, 1.807) is 51.4 Å². The summed E-state index contributed by atoms with van der Waals surface area (Å²) in [6, 6.07) is 9.41. The van der Waals surface area contributed by atoms with Crippen molar-refractivity contribution in [2.75, 3.05) is 14.1 Å². The fourth-order valence-electron chi connectivity index (χ4n) is 2.11. The van der Waals surface area contributed by atoms with Gasteiger partial charge in [-0.1, -0.05) is 12.1 Å². The van der Waals surface area contributed by atoms with E-state index in [-0.39, 0.29) is 17.6 Å². The van der Waals surface area contributed by atoms with E-state index in [4.69, 9.17) is 4.42 Å². The maximum Gasteiger partial charge on any atom is 0.287 e. The smallest absolute Gasteiger partial charge is 0.287 e. The highest BCUT2D eigenvalue weighted by atomic mass is 16.3. The summed E-state index contributed by atoms with van der Waals surface area (Å²) in [5.74, 6) is -0.682. The lowest BCUT2D eigenvalue weighted by atomic mass is 10.1. The molecule has 1 atom stereocenters. The van der Waals surface area contributed by atoms with Gasteiger partial charge in [0.1, 0.15) is 6.04 Å². The molecular formula is C18H21N3O4. The van der Waals surface area contributed by atoms with Crippen molar-refractivity contribution in [1.29, 1.82) is 0 Å². The van der Waals surface area contributed by atoms with E-state index < -0.39 is 11.9 Å². The first-order valence-electron chi connectivity index (χ1n) is 7.81. The van der Waals surface area contributed by atoms with Crippen LogP contribution in [0.4, 0.5) is 0 Å². The van der Waals surface area contributed by atoms with Gasteiger partial charge in [0.2, 0.25) is 5.91 Å². The molecule has 0 fully saturated rings. The van der Waals surface area contributed by atoms with Gasteiger partial charge in [0.05, 0.1) is 6.26 Å². The Bertz CT molecular complexity index is 736. The number of nitrogens with zero attached hydrogens (tertiary/aromatic N) is 1. The van der Waals surface area contributed by atoms with Crippen LogP contribution in [-0.4, -0.2) is 42.8 Å². The third kappa shape index (κ3) is 4.94. The molecule has 2 N–H and O–H groups in total. The van der Waals surface area contributed by atoms with Gasteiger partial charge in [0.15, 0.2) is 5.76 Å². The van der Waals surface area contributed by atoms with Gasteiger partial charge in [-0.2, -0.15) is 0 Å². The molecule has 0 radical (unpaired) electrons. The Morgan fingerprint density at radius 3 is 2.36 bits per heavy atom. The monoisotopic (exact) mass is 343 g/mol.